The zero-order valence-electron chi connectivity index (χ0n) is 15.5. The van der Waals surface area contributed by atoms with Crippen LogP contribution in [0.2, 0.25) is 0 Å². The molecule has 0 spiro atoms. The Hall–Kier alpha value is -2.69. The number of rotatable bonds is 8. The van der Waals surface area contributed by atoms with Crippen LogP contribution in [0, 0.1) is 0 Å². The smallest absolute Gasteiger partial charge is 0.270 e. The number of aromatic nitrogens is 3. The van der Waals surface area contributed by atoms with Gasteiger partial charge in [-0.2, -0.15) is 0 Å². The van der Waals surface area contributed by atoms with Crippen LogP contribution in [0.4, 0.5) is 0 Å². The number of unbranched alkanes of at least 4 members (excludes halogenated alkanes) is 3. The second kappa shape index (κ2) is 8.61. The van der Waals surface area contributed by atoms with Gasteiger partial charge in [0.25, 0.3) is 5.91 Å². The fraction of sp³-hybridized carbons (Fsp3) is 0.381. The summed E-state index contributed by atoms with van der Waals surface area (Å²) in [6.07, 6.45) is 6.41. The average Bonchev–Trinajstić information content (AvgIpc) is 3.05. The monoisotopic (exact) mass is 350 g/mol. The van der Waals surface area contributed by atoms with Crippen LogP contribution >= 0.6 is 0 Å². The molecule has 2 aromatic heterocycles. The van der Waals surface area contributed by atoms with Gasteiger partial charge in [-0.15, -0.1) is 0 Å². The molecule has 3 aromatic rings. The first-order valence-corrected chi connectivity index (χ1v) is 9.37. The Balaban J connectivity index is 1.82. The molecule has 0 radical (unpaired) electrons. The van der Waals surface area contributed by atoms with Crippen molar-refractivity contribution >= 4 is 16.9 Å². The molecule has 0 aliphatic carbocycles. The van der Waals surface area contributed by atoms with Crippen LogP contribution in [0.25, 0.3) is 11.0 Å². The zero-order chi connectivity index (χ0) is 18.4. The summed E-state index contributed by atoms with van der Waals surface area (Å²) in [5.41, 5.74) is 2.51. The van der Waals surface area contributed by atoms with E-state index in [9.17, 15) is 4.79 Å². The molecule has 3 rings (SSSR count). The largest absolute Gasteiger partial charge is 0.341 e. The van der Waals surface area contributed by atoms with Crippen molar-refractivity contribution in [3.05, 3.63) is 60.2 Å². The molecular weight excluding hydrogens is 324 g/mol. The van der Waals surface area contributed by atoms with Gasteiger partial charge in [-0.3, -0.25) is 9.78 Å². The molecule has 2 heterocycles. The van der Waals surface area contributed by atoms with Gasteiger partial charge in [-0.25, -0.2) is 4.98 Å². The van der Waals surface area contributed by atoms with E-state index in [1.807, 2.05) is 31.2 Å². The molecule has 1 unspecified atom stereocenters. The molecule has 0 saturated carbocycles. The Morgan fingerprint density at radius 1 is 1.12 bits per heavy atom. The molecule has 1 N–H and O–H groups in total. The number of pyridine rings is 1. The normalized spacial score (nSPS) is 12.2. The molecule has 1 amide bonds. The lowest BCUT2D eigenvalue weighted by atomic mass is 10.2. The van der Waals surface area contributed by atoms with Crippen molar-refractivity contribution in [2.45, 2.75) is 52.1 Å². The van der Waals surface area contributed by atoms with Crippen LogP contribution in [0.1, 0.15) is 61.9 Å². The molecule has 0 aliphatic heterocycles. The Morgan fingerprint density at radius 3 is 2.69 bits per heavy atom. The summed E-state index contributed by atoms with van der Waals surface area (Å²) >= 11 is 0. The first-order chi connectivity index (χ1) is 12.7. The minimum atomic E-state index is -0.192. The van der Waals surface area contributed by atoms with Crippen molar-refractivity contribution < 1.29 is 4.79 Å². The van der Waals surface area contributed by atoms with Crippen molar-refractivity contribution in [2.24, 2.45) is 0 Å². The zero-order valence-corrected chi connectivity index (χ0v) is 15.5. The number of fused-ring (bicyclic) bond motifs is 1. The van der Waals surface area contributed by atoms with Gasteiger partial charge in [0.15, 0.2) is 0 Å². The molecule has 5 heteroatoms. The minimum Gasteiger partial charge on any atom is -0.341 e. The number of carbonyl (C=O) groups is 1. The number of benzene rings is 1. The molecule has 0 bridgehead atoms. The standard InChI is InChI=1S/C21H26N4O/c1-3-4-5-10-15-25-19-13-7-6-11-17(19)24-20(25)16(2)23-21(26)18-12-8-9-14-22-18/h6-9,11-14,16H,3-5,10,15H2,1-2H3,(H,23,26). The summed E-state index contributed by atoms with van der Waals surface area (Å²) in [7, 11) is 0. The molecule has 1 aromatic carbocycles. The van der Waals surface area contributed by atoms with Crippen LogP contribution < -0.4 is 5.32 Å². The maximum Gasteiger partial charge on any atom is 0.270 e. The van der Waals surface area contributed by atoms with E-state index in [2.05, 4.69) is 27.9 Å². The van der Waals surface area contributed by atoms with E-state index in [1.54, 1.807) is 18.3 Å². The van der Waals surface area contributed by atoms with E-state index in [4.69, 9.17) is 4.98 Å². The Morgan fingerprint density at radius 2 is 1.92 bits per heavy atom. The van der Waals surface area contributed by atoms with Crippen molar-refractivity contribution in [1.82, 2.24) is 19.9 Å². The van der Waals surface area contributed by atoms with Crippen LogP contribution in [0.15, 0.2) is 48.7 Å². The third kappa shape index (κ3) is 4.10. The number of para-hydroxylation sites is 2. The topological polar surface area (TPSA) is 59.8 Å². The third-order valence-electron chi connectivity index (χ3n) is 4.55. The lowest BCUT2D eigenvalue weighted by molar-refractivity contribution is 0.0932. The molecule has 1 atom stereocenters. The second-order valence-corrected chi connectivity index (χ2v) is 6.58. The van der Waals surface area contributed by atoms with Gasteiger partial charge in [-0.05, 0) is 37.6 Å². The highest BCUT2D eigenvalue weighted by molar-refractivity contribution is 5.92. The Kier molecular flexibility index (Phi) is 6.00. The predicted octanol–water partition coefficient (Wildman–Crippen LogP) is 4.50. The van der Waals surface area contributed by atoms with Gasteiger partial charge in [0.1, 0.15) is 11.5 Å². The Bertz CT molecular complexity index is 857. The van der Waals surface area contributed by atoms with Crippen molar-refractivity contribution in [2.75, 3.05) is 0 Å². The number of hydrogen-bond acceptors (Lipinski definition) is 3. The average molecular weight is 350 g/mol. The molecule has 5 nitrogen and oxygen atoms in total. The number of amides is 1. The minimum absolute atomic E-state index is 0.178. The van der Waals surface area contributed by atoms with E-state index in [0.29, 0.717) is 5.69 Å². The number of nitrogens with zero attached hydrogens (tertiary/aromatic N) is 3. The molecule has 26 heavy (non-hydrogen) atoms. The number of nitrogens with one attached hydrogen (secondary N) is 1. The second-order valence-electron chi connectivity index (χ2n) is 6.58. The quantitative estimate of drug-likeness (QED) is 0.608. The van der Waals surface area contributed by atoms with Gasteiger partial charge < -0.3 is 9.88 Å². The molecule has 0 aliphatic rings. The van der Waals surface area contributed by atoms with Crippen LogP contribution in [-0.4, -0.2) is 20.4 Å². The van der Waals surface area contributed by atoms with Crippen LogP contribution in [0.5, 0.6) is 0 Å². The first-order valence-electron chi connectivity index (χ1n) is 9.37. The Labute approximate surface area is 154 Å². The predicted molar refractivity (Wildman–Crippen MR) is 104 cm³/mol. The van der Waals surface area contributed by atoms with E-state index in [1.165, 1.54) is 19.3 Å². The van der Waals surface area contributed by atoms with Crippen LogP contribution in [-0.2, 0) is 6.54 Å². The van der Waals surface area contributed by atoms with Gasteiger partial charge in [-0.1, -0.05) is 44.4 Å². The summed E-state index contributed by atoms with van der Waals surface area (Å²) in [4.78, 5) is 21.4. The maximum absolute atomic E-state index is 12.4. The summed E-state index contributed by atoms with van der Waals surface area (Å²) in [5.74, 6) is 0.717. The summed E-state index contributed by atoms with van der Waals surface area (Å²) in [6.45, 7) is 5.11. The number of hydrogen-bond donors (Lipinski definition) is 1. The molecular formula is C21H26N4O. The third-order valence-corrected chi connectivity index (χ3v) is 4.55. The van der Waals surface area contributed by atoms with Crippen molar-refractivity contribution in [3.63, 3.8) is 0 Å². The fourth-order valence-corrected chi connectivity index (χ4v) is 3.19. The fourth-order valence-electron chi connectivity index (χ4n) is 3.19. The van der Waals surface area contributed by atoms with Crippen molar-refractivity contribution in [1.29, 1.82) is 0 Å². The lowest BCUT2D eigenvalue weighted by Gasteiger charge is -2.16. The highest BCUT2D eigenvalue weighted by Gasteiger charge is 2.19. The lowest BCUT2D eigenvalue weighted by Crippen LogP contribution is -2.29. The van der Waals surface area contributed by atoms with E-state index < -0.39 is 0 Å². The maximum atomic E-state index is 12.4. The summed E-state index contributed by atoms with van der Waals surface area (Å²) in [5, 5.41) is 3.03. The van der Waals surface area contributed by atoms with E-state index in [0.717, 1.165) is 29.8 Å². The van der Waals surface area contributed by atoms with E-state index in [-0.39, 0.29) is 11.9 Å². The number of aryl methyl sites for hydroxylation is 1. The highest BCUT2D eigenvalue weighted by atomic mass is 16.1. The van der Waals surface area contributed by atoms with Crippen molar-refractivity contribution in [3.8, 4) is 0 Å². The molecule has 0 fully saturated rings. The van der Waals surface area contributed by atoms with Gasteiger partial charge in [0.2, 0.25) is 0 Å². The van der Waals surface area contributed by atoms with Gasteiger partial charge >= 0.3 is 0 Å². The van der Waals surface area contributed by atoms with Gasteiger partial charge in [0, 0.05) is 12.7 Å². The first kappa shape index (κ1) is 18.1. The summed E-state index contributed by atoms with van der Waals surface area (Å²) in [6, 6.07) is 13.3. The number of carbonyl (C=O) groups excluding carboxylic acids is 1. The number of imidazole rings is 1. The highest BCUT2D eigenvalue weighted by Crippen LogP contribution is 2.22. The van der Waals surface area contributed by atoms with Gasteiger partial charge in [0.05, 0.1) is 17.1 Å². The molecule has 136 valence electrons. The molecule has 0 saturated heterocycles. The van der Waals surface area contributed by atoms with E-state index >= 15 is 0 Å². The summed E-state index contributed by atoms with van der Waals surface area (Å²) < 4.78 is 2.24. The SMILES string of the molecule is CCCCCCn1c(C(C)NC(=O)c2ccccn2)nc2ccccc21. The van der Waals surface area contributed by atoms with Crippen LogP contribution in [0.3, 0.4) is 0 Å².